The van der Waals surface area contributed by atoms with Crippen molar-refractivity contribution in [3.8, 4) is 5.75 Å². The summed E-state index contributed by atoms with van der Waals surface area (Å²) in [5.41, 5.74) is -1.41. The van der Waals surface area contributed by atoms with Gasteiger partial charge in [-0.2, -0.15) is 0 Å². The standard InChI is InChI=1S/C16H15BrFNO3S/c17-12-4-3-5-13(10-12)23(20,21)19-11-16(18)8-9-22-15-7-2-1-6-14(15)16/h1-7,10,19H,8-9,11H2. The van der Waals surface area contributed by atoms with Crippen LogP contribution in [0.15, 0.2) is 57.9 Å². The van der Waals surface area contributed by atoms with E-state index in [1.54, 1.807) is 36.4 Å². The lowest BCUT2D eigenvalue weighted by atomic mass is 9.90. The molecule has 2 aromatic rings. The second-order valence-electron chi connectivity index (χ2n) is 5.34. The molecule has 0 aromatic heterocycles. The summed E-state index contributed by atoms with van der Waals surface area (Å²) in [7, 11) is -3.78. The minimum Gasteiger partial charge on any atom is -0.493 e. The van der Waals surface area contributed by atoms with Crippen molar-refractivity contribution >= 4 is 26.0 Å². The lowest BCUT2D eigenvalue weighted by Gasteiger charge is -2.32. The van der Waals surface area contributed by atoms with E-state index in [9.17, 15) is 8.42 Å². The Morgan fingerprint density at radius 1 is 1.22 bits per heavy atom. The molecule has 0 saturated heterocycles. The van der Waals surface area contributed by atoms with E-state index in [4.69, 9.17) is 4.74 Å². The van der Waals surface area contributed by atoms with Gasteiger partial charge in [-0.1, -0.05) is 40.2 Å². The summed E-state index contributed by atoms with van der Waals surface area (Å²) in [5.74, 6) is 0.461. The normalized spacial score (nSPS) is 20.6. The van der Waals surface area contributed by atoms with Gasteiger partial charge in [0, 0.05) is 23.0 Å². The van der Waals surface area contributed by atoms with Crippen LogP contribution in [0.4, 0.5) is 4.39 Å². The molecular weight excluding hydrogens is 385 g/mol. The zero-order valence-electron chi connectivity index (χ0n) is 12.1. The van der Waals surface area contributed by atoms with E-state index in [2.05, 4.69) is 20.7 Å². The Bertz CT molecular complexity index is 828. The molecule has 0 saturated carbocycles. The second-order valence-corrected chi connectivity index (χ2v) is 8.02. The minimum atomic E-state index is -3.78. The van der Waals surface area contributed by atoms with Crippen molar-refractivity contribution in [1.82, 2.24) is 4.72 Å². The van der Waals surface area contributed by atoms with Gasteiger partial charge in [-0.3, -0.25) is 0 Å². The maximum absolute atomic E-state index is 15.3. The third kappa shape index (κ3) is 3.41. The first-order valence-corrected chi connectivity index (χ1v) is 9.35. The smallest absolute Gasteiger partial charge is 0.240 e. The SMILES string of the molecule is O=S(=O)(NCC1(F)CCOc2ccccc21)c1cccc(Br)c1. The largest absolute Gasteiger partial charge is 0.493 e. The van der Waals surface area contributed by atoms with E-state index in [1.165, 1.54) is 12.1 Å². The molecule has 0 amide bonds. The van der Waals surface area contributed by atoms with Crippen LogP contribution in [-0.4, -0.2) is 21.6 Å². The summed E-state index contributed by atoms with van der Waals surface area (Å²) in [6, 6.07) is 13.1. The van der Waals surface area contributed by atoms with E-state index in [0.717, 1.165) is 0 Å². The number of alkyl halides is 1. The number of nitrogens with one attached hydrogen (secondary N) is 1. The van der Waals surface area contributed by atoms with Gasteiger partial charge in [-0.05, 0) is 24.3 Å². The van der Waals surface area contributed by atoms with Gasteiger partial charge < -0.3 is 4.74 Å². The van der Waals surface area contributed by atoms with E-state index < -0.39 is 15.7 Å². The number of rotatable bonds is 4. The summed E-state index contributed by atoms with van der Waals surface area (Å²) >= 11 is 3.23. The molecule has 122 valence electrons. The monoisotopic (exact) mass is 399 g/mol. The fourth-order valence-electron chi connectivity index (χ4n) is 2.53. The van der Waals surface area contributed by atoms with Crippen LogP contribution in [0.2, 0.25) is 0 Å². The lowest BCUT2D eigenvalue weighted by molar-refractivity contribution is 0.0955. The summed E-state index contributed by atoms with van der Waals surface area (Å²) in [4.78, 5) is 0.0934. The molecule has 2 aromatic carbocycles. The lowest BCUT2D eigenvalue weighted by Crippen LogP contribution is -2.40. The van der Waals surface area contributed by atoms with Crippen molar-refractivity contribution in [1.29, 1.82) is 0 Å². The first-order valence-electron chi connectivity index (χ1n) is 7.07. The first kappa shape index (κ1) is 16.4. The van der Waals surface area contributed by atoms with Gasteiger partial charge in [0.05, 0.1) is 11.5 Å². The van der Waals surface area contributed by atoms with Crippen molar-refractivity contribution in [2.24, 2.45) is 0 Å². The molecule has 4 nitrogen and oxygen atoms in total. The Hall–Kier alpha value is -1.44. The number of benzene rings is 2. The van der Waals surface area contributed by atoms with Crippen molar-refractivity contribution in [2.45, 2.75) is 17.0 Å². The molecule has 0 fully saturated rings. The van der Waals surface area contributed by atoms with Crippen LogP contribution < -0.4 is 9.46 Å². The highest BCUT2D eigenvalue weighted by Crippen LogP contribution is 2.39. The molecule has 1 atom stereocenters. The Kier molecular flexibility index (Phi) is 4.44. The fraction of sp³-hybridized carbons (Fsp3) is 0.250. The van der Waals surface area contributed by atoms with Crippen molar-refractivity contribution in [2.75, 3.05) is 13.2 Å². The van der Waals surface area contributed by atoms with Gasteiger partial charge in [0.15, 0.2) is 5.67 Å². The van der Waals surface area contributed by atoms with Crippen LogP contribution in [-0.2, 0) is 15.7 Å². The Morgan fingerprint density at radius 3 is 2.78 bits per heavy atom. The van der Waals surface area contributed by atoms with Gasteiger partial charge in [0.2, 0.25) is 10.0 Å². The molecule has 0 radical (unpaired) electrons. The minimum absolute atomic E-state index is 0.0934. The number of halogens is 2. The van der Waals surface area contributed by atoms with Gasteiger partial charge >= 0.3 is 0 Å². The molecule has 7 heteroatoms. The third-order valence-electron chi connectivity index (χ3n) is 3.77. The molecule has 0 bridgehead atoms. The van der Waals surface area contributed by atoms with Gasteiger partial charge in [0.25, 0.3) is 0 Å². The highest BCUT2D eigenvalue weighted by molar-refractivity contribution is 9.10. The second kappa shape index (κ2) is 6.22. The van der Waals surface area contributed by atoms with Gasteiger partial charge in [-0.15, -0.1) is 0 Å². The topological polar surface area (TPSA) is 55.4 Å². The number of fused-ring (bicyclic) bond motifs is 1. The summed E-state index contributed by atoms with van der Waals surface area (Å²) in [5, 5.41) is 0. The fourth-order valence-corrected chi connectivity index (χ4v) is 4.21. The highest BCUT2D eigenvalue weighted by Gasteiger charge is 2.38. The Balaban J connectivity index is 1.83. The van der Waals surface area contributed by atoms with E-state index in [1.807, 2.05) is 0 Å². The molecule has 1 N–H and O–H groups in total. The first-order chi connectivity index (χ1) is 10.9. The third-order valence-corrected chi connectivity index (χ3v) is 5.67. The molecule has 1 heterocycles. The zero-order valence-corrected chi connectivity index (χ0v) is 14.5. The molecule has 3 rings (SSSR count). The zero-order chi connectivity index (χ0) is 16.5. The maximum Gasteiger partial charge on any atom is 0.240 e. The molecule has 0 spiro atoms. The number of sulfonamides is 1. The average molecular weight is 400 g/mol. The number of ether oxygens (including phenoxy) is 1. The summed E-state index contributed by atoms with van der Waals surface area (Å²) in [6.45, 7) is -0.117. The number of para-hydroxylation sites is 1. The van der Waals surface area contributed by atoms with Crippen LogP contribution in [0.3, 0.4) is 0 Å². The molecule has 0 aliphatic carbocycles. The molecule has 23 heavy (non-hydrogen) atoms. The van der Waals surface area contributed by atoms with E-state index in [-0.39, 0.29) is 24.5 Å². The predicted molar refractivity (Wildman–Crippen MR) is 88.7 cm³/mol. The van der Waals surface area contributed by atoms with Crippen LogP contribution in [0.5, 0.6) is 5.75 Å². The van der Waals surface area contributed by atoms with E-state index in [0.29, 0.717) is 15.8 Å². The molecular formula is C16H15BrFNO3S. The average Bonchev–Trinajstić information content (AvgIpc) is 2.54. The molecule has 1 aliphatic heterocycles. The highest BCUT2D eigenvalue weighted by atomic mass is 79.9. The van der Waals surface area contributed by atoms with Crippen molar-refractivity contribution in [3.63, 3.8) is 0 Å². The number of hydrogen-bond acceptors (Lipinski definition) is 3. The quantitative estimate of drug-likeness (QED) is 0.857. The van der Waals surface area contributed by atoms with Gasteiger partial charge in [-0.25, -0.2) is 17.5 Å². The predicted octanol–water partition coefficient (Wildman–Crippen LogP) is 3.37. The van der Waals surface area contributed by atoms with Crippen LogP contribution in [0.1, 0.15) is 12.0 Å². The maximum atomic E-state index is 15.3. The summed E-state index contributed by atoms with van der Waals surface area (Å²) < 4.78 is 48.4. The summed E-state index contributed by atoms with van der Waals surface area (Å²) in [6.07, 6.45) is 0.102. The van der Waals surface area contributed by atoms with E-state index >= 15 is 4.39 Å². The Morgan fingerprint density at radius 2 is 2.00 bits per heavy atom. The van der Waals surface area contributed by atoms with Crippen LogP contribution in [0.25, 0.3) is 0 Å². The van der Waals surface area contributed by atoms with Crippen molar-refractivity contribution in [3.05, 3.63) is 58.6 Å². The number of hydrogen-bond donors (Lipinski definition) is 1. The Labute approximate surface area is 142 Å². The van der Waals surface area contributed by atoms with Crippen LogP contribution in [0, 0.1) is 0 Å². The molecule has 1 unspecified atom stereocenters. The van der Waals surface area contributed by atoms with Crippen LogP contribution >= 0.6 is 15.9 Å². The van der Waals surface area contributed by atoms with Crippen molar-refractivity contribution < 1.29 is 17.5 Å². The van der Waals surface area contributed by atoms with Gasteiger partial charge in [0.1, 0.15) is 5.75 Å². The molecule has 1 aliphatic rings.